The van der Waals surface area contributed by atoms with Crippen LogP contribution >= 0.6 is 0 Å². The standard InChI is InChI=1S/C12H19NO2/c14-8-4-9-15-10-7-13-11-12-5-2-1-3-6-12/h1-3,5-6,13-14H,4,7-11H2. The zero-order valence-corrected chi connectivity index (χ0v) is 8.98. The van der Waals surface area contributed by atoms with Crippen molar-refractivity contribution in [3.63, 3.8) is 0 Å². The molecule has 84 valence electrons. The van der Waals surface area contributed by atoms with Crippen LogP contribution in [0.1, 0.15) is 12.0 Å². The minimum absolute atomic E-state index is 0.206. The van der Waals surface area contributed by atoms with Gasteiger partial charge in [-0.1, -0.05) is 30.3 Å². The van der Waals surface area contributed by atoms with Gasteiger partial charge < -0.3 is 15.2 Å². The fourth-order valence-corrected chi connectivity index (χ4v) is 1.24. The maximum atomic E-state index is 8.52. The highest BCUT2D eigenvalue weighted by Gasteiger charge is 1.91. The Bertz CT molecular complexity index is 239. The van der Waals surface area contributed by atoms with Gasteiger partial charge in [0.25, 0.3) is 0 Å². The summed E-state index contributed by atoms with van der Waals surface area (Å²) in [5, 5.41) is 11.8. The van der Waals surface area contributed by atoms with Crippen LogP contribution in [0, 0.1) is 0 Å². The van der Waals surface area contributed by atoms with E-state index < -0.39 is 0 Å². The van der Waals surface area contributed by atoms with Crippen molar-refractivity contribution in [3.8, 4) is 0 Å². The molecule has 0 fully saturated rings. The minimum atomic E-state index is 0.206. The van der Waals surface area contributed by atoms with Gasteiger partial charge in [0.2, 0.25) is 0 Å². The first-order valence-electron chi connectivity index (χ1n) is 5.36. The summed E-state index contributed by atoms with van der Waals surface area (Å²) in [4.78, 5) is 0. The molecule has 0 unspecified atom stereocenters. The zero-order chi connectivity index (χ0) is 10.8. The van der Waals surface area contributed by atoms with Crippen LogP contribution in [0.25, 0.3) is 0 Å². The normalized spacial score (nSPS) is 10.5. The van der Waals surface area contributed by atoms with Crippen molar-refractivity contribution in [2.75, 3.05) is 26.4 Å². The van der Waals surface area contributed by atoms with Crippen molar-refractivity contribution in [3.05, 3.63) is 35.9 Å². The summed E-state index contributed by atoms with van der Waals surface area (Å²) in [7, 11) is 0. The van der Waals surface area contributed by atoms with E-state index in [0.717, 1.165) is 19.5 Å². The van der Waals surface area contributed by atoms with Gasteiger partial charge in [-0.3, -0.25) is 0 Å². The molecule has 0 radical (unpaired) electrons. The quantitative estimate of drug-likeness (QED) is 0.632. The Morgan fingerprint density at radius 1 is 1.13 bits per heavy atom. The number of ether oxygens (including phenoxy) is 1. The molecule has 1 aromatic carbocycles. The molecule has 3 heteroatoms. The lowest BCUT2D eigenvalue weighted by Gasteiger charge is -2.05. The number of nitrogens with one attached hydrogen (secondary N) is 1. The molecule has 2 N–H and O–H groups in total. The van der Waals surface area contributed by atoms with Gasteiger partial charge in [-0.05, 0) is 12.0 Å². The van der Waals surface area contributed by atoms with Crippen LogP contribution in [0.5, 0.6) is 0 Å². The predicted molar refractivity (Wildman–Crippen MR) is 60.7 cm³/mol. The predicted octanol–water partition coefficient (Wildman–Crippen LogP) is 1.18. The number of hydrogen-bond donors (Lipinski definition) is 2. The van der Waals surface area contributed by atoms with Crippen LogP contribution in [0.3, 0.4) is 0 Å². The van der Waals surface area contributed by atoms with Gasteiger partial charge >= 0.3 is 0 Å². The third-order valence-corrected chi connectivity index (χ3v) is 2.04. The van der Waals surface area contributed by atoms with E-state index in [4.69, 9.17) is 9.84 Å². The van der Waals surface area contributed by atoms with Gasteiger partial charge in [0.05, 0.1) is 6.61 Å². The molecule has 0 spiro atoms. The van der Waals surface area contributed by atoms with E-state index >= 15 is 0 Å². The molecule has 15 heavy (non-hydrogen) atoms. The molecule has 0 aromatic heterocycles. The summed E-state index contributed by atoms with van der Waals surface area (Å²) in [6.45, 7) is 3.28. The SMILES string of the molecule is OCCCOCCNCc1ccccc1. The van der Waals surface area contributed by atoms with Crippen LogP contribution in [0.15, 0.2) is 30.3 Å². The Morgan fingerprint density at radius 3 is 2.67 bits per heavy atom. The molecule has 0 bridgehead atoms. The fourth-order valence-electron chi connectivity index (χ4n) is 1.24. The van der Waals surface area contributed by atoms with Crippen molar-refractivity contribution in [1.29, 1.82) is 0 Å². The summed E-state index contributed by atoms with van der Waals surface area (Å²) in [6.07, 6.45) is 0.721. The summed E-state index contributed by atoms with van der Waals surface area (Å²) in [6, 6.07) is 10.3. The number of benzene rings is 1. The van der Waals surface area contributed by atoms with E-state index in [1.165, 1.54) is 5.56 Å². The van der Waals surface area contributed by atoms with Gasteiger partial charge in [-0.25, -0.2) is 0 Å². The number of rotatable bonds is 8. The maximum absolute atomic E-state index is 8.52. The van der Waals surface area contributed by atoms with Crippen molar-refractivity contribution < 1.29 is 9.84 Å². The first-order valence-corrected chi connectivity index (χ1v) is 5.36. The van der Waals surface area contributed by atoms with Crippen LogP contribution in [-0.4, -0.2) is 31.5 Å². The third kappa shape index (κ3) is 6.23. The first-order chi connectivity index (χ1) is 7.43. The maximum Gasteiger partial charge on any atom is 0.0591 e. The van der Waals surface area contributed by atoms with Crippen molar-refractivity contribution in [1.82, 2.24) is 5.32 Å². The smallest absolute Gasteiger partial charge is 0.0591 e. The second-order valence-electron chi connectivity index (χ2n) is 3.35. The molecule has 3 nitrogen and oxygen atoms in total. The van der Waals surface area contributed by atoms with Gasteiger partial charge in [0, 0.05) is 26.3 Å². The largest absolute Gasteiger partial charge is 0.396 e. The Morgan fingerprint density at radius 2 is 1.93 bits per heavy atom. The second-order valence-corrected chi connectivity index (χ2v) is 3.35. The van der Waals surface area contributed by atoms with Crippen LogP contribution < -0.4 is 5.32 Å². The highest BCUT2D eigenvalue weighted by Crippen LogP contribution is 1.96. The van der Waals surface area contributed by atoms with Crippen molar-refractivity contribution in [2.24, 2.45) is 0 Å². The Balaban J connectivity index is 1.93. The molecule has 1 aromatic rings. The first kappa shape index (κ1) is 12.2. The Kier molecular flexibility index (Phi) is 6.83. The number of aliphatic hydroxyl groups is 1. The lowest BCUT2D eigenvalue weighted by molar-refractivity contribution is 0.117. The molecule has 0 aliphatic carbocycles. The van der Waals surface area contributed by atoms with E-state index in [-0.39, 0.29) is 6.61 Å². The highest BCUT2D eigenvalue weighted by atomic mass is 16.5. The monoisotopic (exact) mass is 209 g/mol. The average Bonchev–Trinajstić information content (AvgIpc) is 2.29. The van der Waals surface area contributed by atoms with Gasteiger partial charge in [0.1, 0.15) is 0 Å². The van der Waals surface area contributed by atoms with E-state index in [1.54, 1.807) is 0 Å². The number of aliphatic hydroxyl groups excluding tert-OH is 1. The van der Waals surface area contributed by atoms with Gasteiger partial charge in [0.15, 0.2) is 0 Å². The van der Waals surface area contributed by atoms with Gasteiger partial charge in [-0.2, -0.15) is 0 Å². The topological polar surface area (TPSA) is 41.5 Å². The molecule has 0 aliphatic heterocycles. The lowest BCUT2D eigenvalue weighted by atomic mass is 10.2. The minimum Gasteiger partial charge on any atom is -0.396 e. The van der Waals surface area contributed by atoms with Gasteiger partial charge in [-0.15, -0.1) is 0 Å². The molecule has 0 saturated carbocycles. The summed E-state index contributed by atoms with van der Waals surface area (Å²) >= 11 is 0. The molecule has 0 saturated heterocycles. The Hall–Kier alpha value is -0.900. The summed E-state index contributed by atoms with van der Waals surface area (Å²) in [5.74, 6) is 0. The zero-order valence-electron chi connectivity index (χ0n) is 8.98. The van der Waals surface area contributed by atoms with Crippen LogP contribution in [0.2, 0.25) is 0 Å². The lowest BCUT2D eigenvalue weighted by Crippen LogP contribution is -2.19. The van der Waals surface area contributed by atoms with E-state index in [9.17, 15) is 0 Å². The highest BCUT2D eigenvalue weighted by molar-refractivity contribution is 5.14. The van der Waals surface area contributed by atoms with Crippen molar-refractivity contribution >= 4 is 0 Å². The van der Waals surface area contributed by atoms with Crippen LogP contribution in [-0.2, 0) is 11.3 Å². The Labute approximate surface area is 91.1 Å². The van der Waals surface area contributed by atoms with E-state index in [2.05, 4.69) is 17.4 Å². The van der Waals surface area contributed by atoms with Crippen molar-refractivity contribution in [2.45, 2.75) is 13.0 Å². The third-order valence-electron chi connectivity index (χ3n) is 2.04. The summed E-state index contributed by atoms with van der Waals surface area (Å²) < 4.78 is 5.29. The van der Waals surface area contributed by atoms with E-state index in [0.29, 0.717) is 13.2 Å². The van der Waals surface area contributed by atoms with Crippen LogP contribution in [0.4, 0.5) is 0 Å². The molecule has 0 atom stereocenters. The fraction of sp³-hybridized carbons (Fsp3) is 0.500. The average molecular weight is 209 g/mol. The molecular formula is C12H19NO2. The molecular weight excluding hydrogens is 190 g/mol. The molecule has 0 heterocycles. The second kappa shape index (κ2) is 8.41. The number of hydrogen-bond acceptors (Lipinski definition) is 3. The van der Waals surface area contributed by atoms with E-state index in [1.807, 2.05) is 18.2 Å². The molecule has 0 amide bonds. The molecule has 1 rings (SSSR count). The molecule has 0 aliphatic rings. The summed E-state index contributed by atoms with van der Waals surface area (Å²) in [5.41, 5.74) is 1.29.